The minimum atomic E-state index is 0.0550. The van der Waals surface area contributed by atoms with Gasteiger partial charge in [-0.25, -0.2) is 0 Å². The van der Waals surface area contributed by atoms with Crippen molar-refractivity contribution < 1.29 is 14.3 Å². The summed E-state index contributed by atoms with van der Waals surface area (Å²) in [6.07, 6.45) is 7.92. The fourth-order valence-electron chi connectivity index (χ4n) is 3.89. The highest BCUT2D eigenvalue weighted by Crippen LogP contribution is 2.36. The number of thiophene rings is 1. The van der Waals surface area contributed by atoms with E-state index in [2.05, 4.69) is 0 Å². The second-order valence-electron chi connectivity index (χ2n) is 7.14. The van der Waals surface area contributed by atoms with Crippen LogP contribution in [0.25, 0.3) is 0 Å². The Balaban J connectivity index is 1.66. The van der Waals surface area contributed by atoms with Crippen LogP contribution in [0.3, 0.4) is 0 Å². The van der Waals surface area contributed by atoms with Gasteiger partial charge >= 0.3 is 0 Å². The third-order valence-electron chi connectivity index (χ3n) is 5.31. The Morgan fingerprint density at radius 1 is 1.08 bits per heavy atom. The highest BCUT2D eigenvalue weighted by molar-refractivity contribution is 7.14. The van der Waals surface area contributed by atoms with Crippen LogP contribution in [0, 0.1) is 0 Å². The van der Waals surface area contributed by atoms with Crippen molar-refractivity contribution in [2.75, 3.05) is 32.8 Å². The van der Waals surface area contributed by atoms with Crippen molar-refractivity contribution in [2.45, 2.75) is 57.9 Å². The van der Waals surface area contributed by atoms with Gasteiger partial charge in [0.1, 0.15) is 6.61 Å². The van der Waals surface area contributed by atoms with E-state index < -0.39 is 0 Å². The Labute approximate surface area is 160 Å². The Morgan fingerprint density at radius 2 is 1.81 bits per heavy atom. The van der Waals surface area contributed by atoms with E-state index in [0.29, 0.717) is 6.61 Å². The molecule has 0 aromatic carbocycles. The number of carbonyl (C=O) groups is 2. The van der Waals surface area contributed by atoms with Crippen molar-refractivity contribution in [3.8, 4) is 0 Å². The van der Waals surface area contributed by atoms with Crippen LogP contribution in [0.15, 0.2) is 12.1 Å². The fourth-order valence-corrected chi connectivity index (χ4v) is 5.01. The van der Waals surface area contributed by atoms with Gasteiger partial charge in [0.05, 0.1) is 10.9 Å². The van der Waals surface area contributed by atoms with Crippen LogP contribution in [0.4, 0.5) is 0 Å². The van der Waals surface area contributed by atoms with Gasteiger partial charge in [-0.15, -0.1) is 11.3 Å². The maximum Gasteiger partial charge on any atom is 0.263 e. The largest absolute Gasteiger partial charge is 0.372 e. The first-order chi connectivity index (χ1) is 12.7. The average Bonchev–Trinajstić information content (AvgIpc) is 3.27. The minimum Gasteiger partial charge on any atom is -0.372 e. The molecule has 2 fully saturated rings. The lowest BCUT2D eigenvalue weighted by Gasteiger charge is -2.25. The molecule has 0 bridgehead atoms. The standard InChI is InChI=1S/C20H30N2O3S/c1-2-25-15-19(23)22-14-8-9-16(22)17-10-11-18(26-17)20(24)21-12-6-4-3-5-7-13-21/h10-11,16H,2-9,12-15H2,1H3/t16-/m0/s1. The van der Waals surface area contributed by atoms with E-state index in [1.165, 1.54) is 19.3 Å². The first kappa shape index (κ1) is 19.4. The average molecular weight is 379 g/mol. The highest BCUT2D eigenvalue weighted by Gasteiger charge is 2.31. The molecule has 2 saturated heterocycles. The van der Waals surface area contributed by atoms with Crippen LogP contribution in [0.1, 0.15) is 72.5 Å². The summed E-state index contributed by atoms with van der Waals surface area (Å²) in [7, 11) is 0. The molecular weight excluding hydrogens is 348 g/mol. The number of carbonyl (C=O) groups excluding carboxylic acids is 2. The SMILES string of the molecule is CCOCC(=O)N1CCC[C@H]1c1ccc(C(=O)N2CCCCCCC2)s1. The Bertz CT molecular complexity index is 608. The van der Waals surface area contributed by atoms with E-state index in [0.717, 1.165) is 55.1 Å². The number of nitrogens with zero attached hydrogens (tertiary/aromatic N) is 2. The quantitative estimate of drug-likeness (QED) is 0.782. The smallest absolute Gasteiger partial charge is 0.263 e. The summed E-state index contributed by atoms with van der Waals surface area (Å²) in [4.78, 5) is 31.1. The van der Waals surface area contributed by atoms with Crippen molar-refractivity contribution in [1.82, 2.24) is 9.80 Å². The first-order valence-corrected chi connectivity index (χ1v) is 10.8. The second-order valence-corrected chi connectivity index (χ2v) is 8.26. The number of hydrogen-bond donors (Lipinski definition) is 0. The molecular formula is C20H30N2O3S. The van der Waals surface area contributed by atoms with Crippen LogP contribution >= 0.6 is 11.3 Å². The van der Waals surface area contributed by atoms with E-state index in [1.54, 1.807) is 11.3 Å². The monoisotopic (exact) mass is 378 g/mol. The summed E-state index contributed by atoms with van der Waals surface area (Å²) < 4.78 is 5.29. The molecule has 2 amide bonds. The zero-order chi connectivity index (χ0) is 18.4. The molecule has 1 aromatic rings. The van der Waals surface area contributed by atoms with Crippen LogP contribution in [0.2, 0.25) is 0 Å². The van der Waals surface area contributed by atoms with E-state index >= 15 is 0 Å². The fraction of sp³-hybridized carbons (Fsp3) is 0.700. The molecule has 0 unspecified atom stereocenters. The molecule has 26 heavy (non-hydrogen) atoms. The van der Waals surface area contributed by atoms with Crippen LogP contribution in [-0.2, 0) is 9.53 Å². The summed E-state index contributed by atoms with van der Waals surface area (Å²) >= 11 is 1.56. The van der Waals surface area contributed by atoms with Crippen molar-refractivity contribution in [3.05, 3.63) is 21.9 Å². The summed E-state index contributed by atoms with van der Waals surface area (Å²) in [6, 6.07) is 4.09. The van der Waals surface area contributed by atoms with Gasteiger partial charge in [0, 0.05) is 31.1 Å². The molecule has 5 nitrogen and oxygen atoms in total. The predicted octanol–water partition coefficient (Wildman–Crippen LogP) is 3.85. The molecule has 144 valence electrons. The zero-order valence-corrected chi connectivity index (χ0v) is 16.6. The van der Waals surface area contributed by atoms with Gasteiger partial charge < -0.3 is 14.5 Å². The second kappa shape index (κ2) is 9.51. The molecule has 0 saturated carbocycles. The molecule has 1 atom stereocenters. The molecule has 0 radical (unpaired) electrons. The molecule has 0 spiro atoms. The number of rotatable bonds is 5. The molecule has 0 N–H and O–H groups in total. The van der Waals surface area contributed by atoms with E-state index in [9.17, 15) is 9.59 Å². The van der Waals surface area contributed by atoms with Crippen LogP contribution in [-0.4, -0.2) is 54.5 Å². The topological polar surface area (TPSA) is 49.9 Å². The van der Waals surface area contributed by atoms with Gasteiger partial charge in [0.25, 0.3) is 5.91 Å². The zero-order valence-electron chi connectivity index (χ0n) is 15.7. The van der Waals surface area contributed by atoms with Crippen LogP contribution in [0.5, 0.6) is 0 Å². The highest BCUT2D eigenvalue weighted by atomic mass is 32.1. The molecule has 3 rings (SSSR count). The van der Waals surface area contributed by atoms with Crippen molar-refractivity contribution in [3.63, 3.8) is 0 Å². The minimum absolute atomic E-state index is 0.0550. The summed E-state index contributed by atoms with van der Waals surface area (Å²) in [6.45, 7) is 5.12. The number of likely N-dealkylation sites (tertiary alicyclic amines) is 2. The van der Waals surface area contributed by atoms with Gasteiger partial charge in [-0.2, -0.15) is 0 Å². The summed E-state index contributed by atoms with van der Waals surface area (Å²) in [5.41, 5.74) is 0. The lowest BCUT2D eigenvalue weighted by Crippen LogP contribution is -2.33. The van der Waals surface area contributed by atoms with Crippen LogP contribution < -0.4 is 0 Å². The lowest BCUT2D eigenvalue weighted by atomic mass is 10.1. The number of amides is 2. The summed E-state index contributed by atoms with van der Waals surface area (Å²) in [5, 5.41) is 0. The molecule has 2 aliphatic heterocycles. The Morgan fingerprint density at radius 3 is 2.54 bits per heavy atom. The van der Waals surface area contributed by atoms with Crippen molar-refractivity contribution in [2.24, 2.45) is 0 Å². The van der Waals surface area contributed by atoms with Gasteiger partial charge in [-0.05, 0) is 44.7 Å². The molecule has 1 aromatic heterocycles. The van der Waals surface area contributed by atoms with Gasteiger partial charge in [-0.3, -0.25) is 9.59 Å². The van der Waals surface area contributed by atoms with Crippen molar-refractivity contribution >= 4 is 23.2 Å². The first-order valence-electron chi connectivity index (χ1n) is 9.97. The third-order valence-corrected chi connectivity index (χ3v) is 6.49. The number of ether oxygens (including phenoxy) is 1. The molecule has 3 heterocycles. The van der Waals surface area contributed by atoms with E-state index in [-0.39, 0.29) is 24.5 Å². The Hall–Kier alpha value is -1.40. The Kier molecular flexibility index (Phi) is 7.08. The lowest BCUT2D eigenvalue weighted by molar-refractivity contribution is -0.136. The molecule has 2 aliphatic rings. The number of hydrogen-bond acceptors (Lipinski definition) is 4. The summed E-state index contributed by atoms with van der Waals surface area (Å²) in [5.74, 6) is 0.215. The maximum absolute atomic E-state index is 12.9. The molecule has 6 heteroatoms. The van der Waals surface area contributed by atoms with E-state index in [1.807, 2.05) is 28.9 Å². The van der Waals surface area contributed by atoms with Gasteiger partial charge in [-0.1, -0.05) is 19.3 Å². The van der Waals surface area contributed by atoms with Gasteiger partial charge in [0.15, 0.2) is 0 Å². The normalized spacial score (nSPS) is 21.5. The predicted molar refractivity (Wildman–Crippen MR) is 103 cm³/mol. The van der Waals surface area contributed by atoms with Gasteiger partial charge in [0.2, 0.25) is 5.91 Å². The van der Waals surface area contributed by atoms with Crippen molar-refractivity contribution in [1.29, 1.82) is 0 Å². The van der Waals surface area contributed by atoms with E-state index in [4.69, 9.17) is 4.74 Å². The molecule has 0 aliphatic carbocycles. The third kappa shape index (κ3) is 4.65. The maximum atomic E-state index is 12.9.